The van der Waals surface area contributed by atoms with Gasteiger partial charge in [-0.2, -0.15) is 0 Å². The van der Waals surface area contributed by atoms with Crippen molar-refractivity contribution in [2.24, 2.45) is 0 Å². The molecule has 8 heteroatoms. The normalized spacial score (nSPS) is 18.5. The number of nitrogens with zero attached hydrogens (tertiary/aromatic N) is 3. The number of oxazole rings is 2. The van der Waals surface area contributed by atoms with Gasteiger partial charge in [0.1, 0.15) is 11.3 Å². The summed E-state index contributed by atoms with van der Waals surface area (Å²) < 4.78 is 22.9. The summed E-state index contributed by atoms with van der Waals surface area (Å²) in [5.74, 6) is 3.66. The minimum absolute atomic E-state index is 0.196. The smallest absolute Gasteiger partial charge is 0.231 e. The summed E-state index contributed by atoms with van der Waals surface area (Å²) in [4.78, 5) is 11.9. The van der Waals surface area contributed by atoms with E-state index >= 15 is 0 Å². The highest BCUT2D eigenvalue weighted by molar-refractivity contribution is 6.33. The van der Waals surface area contributed by atoms with Crippen molar-refractivity contribution in [3.05, 3.63) is 58.8 Å². The molecule has 164 valence electrons. The summed E-state index contributed by atoms with van der Waals surface area (Å²) in [7, 11) is 0. The largest absolute Gasteiger partial charge is 0.454 e. The van der Waals surface area contributed by atoms with Gasteiger partial charge in [-0.15, -0.1) is 0 Å². The topological polar surface area (TPSA) is 73.8 Å². The Morgan fingerprint density at radius 2 is 1.94 bits per heavy atom. The first kappa shape index (κ1) is 19.6. The van der Waals surface area contributed by atoms with Crippen LogP contribution in [-0.2, 0) is 6.54 Å². The molecule has 4 heterocycles. The number of piperidine rings is 1. The second-order valence-electron chi connectivity index (χ2n) is 8.30. The maximum absolute atomic E-state index is 6.45. The van der Waals surface area contributed by atoms with Crippen LogP contribution >= 0.6 is 11.6 Å². The molecule has 2 aliphatic heterocycles. The van der Waals surface area contributed by atoms with Gasteiger partial charge >= 0.3 is 0 Å². The van der Waals surface area contributed by atoms with E-state index in [0.29, 0.717) is 34.5 Å². The van der Waals surface area contributed by atoms with Crippen molar-refractivity contribution in [3.63, 3.8) is 0 Å². The van der Waals surface area contributed by atoms with E-state index in [0.717, 1.165) is 54.4 Å². The zero-order chi connectivity index (χ0) is 21.7. The van der Waals surface area contributed by atoms with E-state index in [1.807, 2.05) is 37.3 Å². The van der Waals surface area contributed by atoms with Crippen LogP contribution in [0.2, 0.25) is 5.02 Å². The number of para-hydroxylation sites is 2. The number of halogens is 1. The number of ether oxygens (including phenoxy) is 2. The number of rotatable bonds is 4. The van der Waals surface area contributed by atoms with Crippen LogP contribution in [0.5, 0.6) is 11.5 Å². The highest BCUT2D eigenvalue weighted by Crippen LogP contribution is 2.41. The molecule has 6 rings (SSSR count). The van der Waals surface area contributed by atoms with Crippen molar-refractivity contribution in [2.75, 3.05) is 19.9 Å². The molecular formula is C24H22ClN3O4. The standard InChI is InChI=1S/C24H22ClN3O4/c1-14-19(27-24(31-14)16-9-21-22(10-17(16)25)30-13-29-21)12-28-8-4-5-15(11-28)23-26-18-6-2-3-7-20(18)32-23/h2-3,6-7,9-10,15H,4-5,8,11-13H2,1H3. The monoisotopic (exact) mass is 451 g/mol. The quantitative estimate of drug-likeness (QED) is 0.402. The second kappa shape index (κ2) is 7.83. The van der Waals surface area contributed by atoms with E-state index < -0.39 is 0 Å². The lowest BCUT2D eigenvalue weighted by atomic mass is 9.98. The average Bonchev–Trinajstić information content (AvgIpc) is 3.51. The summed E-state index contributed by atoms with van der Waals surface area (Å²) in [6.07, 6.45) is 2.15. The first-order valence-electron chi connectivity index (χ1n) is 10.8. The summed E-state index contributed by atoms with van der Waals surface area (Å²) in [5, 5.41) is 0.524. The molecule has 2 aromatic heterocycles. The third-order valence-corrected chi connectivity index (χ3v) is 6.44. The minimum Gasteiger partial charge on any atom is -0.454 e. The van der Waals surface area contributed by atoms with E-state index in [2.05, 4.69) is 4.90 Å². The molecule has 0 saturated carbocycles. The van der Waals surface area contributed by atoms with Crippen LogP contribution < -0.4 is 9.47 Å². The SMILES string of the molecule is Cc1oc(-c2cc3c(cc2Cl)OCO3)nc1CN1CCCC(c2nc3ccccc3o2)C1. The number of benzene rings is 2. The van der Waals surface area contributed by atoms with Crippen LogP contribution in [0.4, 0.5) is 0 Å². The Hall–Kier alpha value is -3.03. The van der Waals surface area contributed by atoms with Gasteiger partial charge in [-0.3, -0.25) is 4.90 Å². The zero-order valence-electron chi connectivity index (χ0n) is 17.6. The molecule has 1 unspecified atom stereocenters. The molecule has 32 heavy (non-hydrogen) atoms. The third-order valence-electron chi connectivity index (χ3n) is 6.12. The van der Waals surface area contributed by atoms with Crippen molar-refractivity contribution in [1.82, 2.24) is 14.9 Å². The van der Waals surface area contributed by atoms with E-state index in [-0.39, 0.29) is 12.7 Å². The summed E-state index contributed by atoms with van der Waals surface area (Å²) in [6, 6.07) is 11.5. The molecule has 4 aromatic rings. The van der Waals surface area contributed by atoms with Crippen LogP contribution in [0.25, 0.3) is 22.6 Å². The Morgan fingerprint density at radius 3 is 2.81 bits per heavy atom. The van der Waals surface area contributed by atoms with Gasteiger partial charge < -0.3 is 18.3 Å². The van der Waals surface area contributed by atoms with E-state index in [4.69, 9.17) is 39.9 Å². The highest BCUT2D eigenvalue weighted by Gasteiger charge is 2.27. The molecule has 0 N–H and O–H groups in total. The molecule has 1 saturated heterocycles. The minimum atomic E-state index is 0.196. The average molecular weight is 452 g/mol. The molecule has 7 nitrogen and oxygen atoms in total. The Labute approximate surface area is 189 Å². The second-order valence-corrected chi connectivity index (χ2v) is 8.71. The maximum Gasteiger partial charge on any atom is 0.231 e. The summed E-state index contributed by atoms with van der Waals surface area (Å²) in [6.45, 7) is 4.72. The fourth-order valence-electron chi connectivity index (χ4n) is 4.45. The van der Waals surface area contributed by atoms with E-state index in [1.54, 1.807) is 6.07 Å². The number of hydrogen-bond acceptors (Lipinski definition) is 7. The molecule has 2 aromatic carbocycles. The van der Waals surface area contributed by atoms with Crippen molar-refractivity contribution in [3.8, 4) is 23.0 Å². The van der Waals surface area contributed by atoms with Gasteiger partial charge in [-0.25, -0.2) is 9.97 Å². The van der Waals surface area contributed by atoms with Crippen molar-refractivity contribution >= 4 is 22.7 Å². The van der Waals surface area contributed by atoms with Crippen molar-refractivity contribution in [2.45, 2.75) is 32.2 Å². The predicted molar refractivity (Wildman–Crippen MR) is 119 cm³/mol. The lowest BCUT2D eigenvalue weighted by Crippen LogP contribution is -2.34. The van der Waals surface area contributed by atoms with Gasteiger partial charge in [-0.1, -0.05) is 23.7 Å². The summed E-state index contributed by atoms with van der Waals surface area (Å²) in [5.41, 5.74) is 3.37. The van der Waals surface area contributed by atoms with Crippen LogP contribution in [0.15, 0.2) is 45.2 Å². The number of likely N-dealkylation sites (tertiary alicyclic amines) is 1. The zero-order valence-corrected chi connectivity index (χ0v) is 18.4. The number of hydrogen-bond donors (Lipinski definition) is 0. The lowest BCUT2D eigenvalue weighted by molar-refractivity contribution is 0.174. The molecule has 0 amide bonds. The molecule has 0 spiro atoms. The van der Waals surface area contributed by atoms with Gasteiger partial charge in [0.15, 0.2) is 23.0 Å². The van der Waals surface area contributed by atoms with Gasteiger partial charge in [0.2, 0.25) is 12.7 Å². The lowest BCUT2D eigenvalue weighted by Gasteiger charge is -2.30. The van der Waals surface area contributed by atoms with Gasteiger partial charge in [0.25, 0.3) is 0 Å². The summed E-state index contributed by atoms with van der Waals surface area (Å²) >= 11 is 6.45. The van der Waals surface area contributed by atoms with Crippen LogP contribution in [0, 0.1) is 6.92 Å². The number of fused-ring (bicyclic) bond motifs is 2. The molecule has 0 bridgehead atoms. The van der Waals surface area contributed by atoms with E-state index in [1.165, 1.54) is 0 Å². The first-order valence-corrected chi connectivity index (χ1v) is 11.2. The third kappa shape index (κ3) is 3.51. The molecular weight excluding hydrogens is 430 g/mol. The molecule has 2 aliphatic rings. The van der Waals surface area contributed by atoms with Crippen LogP contribution in [0.1, 0.15) is 36.1 Å². The number of aryl methyl sites for hydroxylation is 1. The van der Waals surface area contributed by atoms with Gasteiger partial charge in [0, 0.05) is 25.1 Å². The Balaban J connectivity index is 1.21. The van der Waals surface area contributed by atoms with E-state index in [9.17, 15) is 0 Å². The van der Waals surface area contributed by atoms with Crippen LogP contribution in [0.3, 0.4) is 0 Å². The van der Waals surface area contributed by atoms with Gasteiger partial charge in [0.05, 0.1) is 16.3 Å². The fourth-order valence-corrected chi connectivity index (χ4v) is 4.68. The number of aromatic nitrogens is 2. The fraction of sp³-hybridized carbons (Fsp3) is 0.333. The molecule has 0 radical (unpaired) electrons. The first-order chi connectivity index (χ1) is 15.6. The Bertz CT molecular complexity index is 1260. The maximum atomic E-state index is 6.45. The Kier molecular flexibility index (Phi) is 4.81. The molecule has 0 aliphatic carbocycles. The highest BCUT2D eigenvalue weighted by atomic mass is 35.5. The Morgan fingerprint density at radius 1 is 1.09 bits per heavy atom. The van der Waals surface area contributed by atoms with Crippen molar-refractivity contribution < 1.29 is 18.3 Å². The molecule has 1 atom stereocenters. The predicted octanol–water partition coefficient (Wildman–Crippen LogP) is 5.55. The van der Waals surface area contributed by atoms with Crippen molar-refractivity contribution in [1.29, 1.82) is 0 Å². The van der Waals surface area contributed by atoms with Gasteiger partial charge in [-0.05, 0) is 44.5 Å². The molecule has 1 fully saturated rings. The van der Waals surface area contributed by atoms with Crippen LogP contribution in [-0.4, -0.2) is 34.8 Å².